The Morgan fingerprint density at radius 2 is 1.22 bits per heavy atom. The fraction of sp³-hybridized carbons (Fsp3) is 0.279. The summed E-state index contributed by atoms with van der Waals surface area (Å²) in [7, 11) is 0. The van der Waals surface area contributed by atoms with E-state index < -0.39 is 0 Å². The molecule has 0 saturated heterocycles. The van der Waals surface area contributed by atoms with Gasteiger partial charge in [-0.3, -0.25) is 0 Å². The van der Waals surface area contributed by atoms with Gasteiger partial charge in [-0.2, -0.15) is 0 Å². The third-order valence-corrected chi connectivity index (χ3v) is 12.9. The highest BCUT2D eigenvalue weighted by molar-refractivity contribution is 5.98. The van der Waals surface area contributed by atoms with Crippen LogP contribution in [0, 0.1) is 22.7 Å². The molecule has 4 aliphatic rings. The topological polar surface area (TPSA) is 38.7 Å². The monoisotopic (exact) mass is 595 g/mol. The van der Waals surface area contributed by atoms with Crippen molar-refractivity contribution in [1.29, 1.82) is 0 Å². The number of fused-ring (bicyclic) bond motifs is 2. The van der Waals surface area contributed by atoms with E-state index in [4.69, 9.17) is 15.0 Å². The minimum Gasteiger partial charge on any atom is -0.208 e. The minimum atomic E-state index is 0.397. The molecule has 1 aromatic heterocycles. The van der Waals surface area contributed by atoms with E-state index in [9.17, 15) is 0 Å². The Balaban J connectivity index is 1.07. The van der Waals surface area contributed by atoms with Gasteiger partial charge in [0.15, 0.2) is 17.5 Å². The summed E-state index contributed by atoms with van der Waals surface area (Å²) in [4.78, 5) is 15.3. The summed E-state index contributed by atoms with van der Waals surface area (Å²) in [5, 5.41) is 2.40. The van der Waals surface area contributed by atoms with Crippen molar-refractivity contribution in [3.05, 3.63) is 127 Å². The summed E-state index contributed by atoms with van der Waals surface area (Å²) in [5.74, 6) is 4.07. The molecule has 224 valence electrons. The molecule has 0 aliphatic heterocycles. The van der Waals surface area contributed by atoms with E-state index >= 15 is 0 Å². The van der Waals surface area contributed by atoms with Crippen LogP contribution < -0.4 is 0 Å². The molecule has 1 heterocycles. The van der Waals surface area contributed by atoms with Crippen molar-refractivity contribution in [2.45, 2.75) is 50.9 Å². The van der Waals surface area contributed by atoms with Gasteiger partial charge in [0.25, 0.3) is 0 Å². The van der Waals surface area contributed by atoms with Gasteiger partial charge < -0.3 is 0 Å². The molecule has 3 nitrogen and oxygen atoms in total. The molecule has 5 unspecified atom stereocenters. The lowest BCUT2D eigenvalue weighted by Crippen LogP contribution is -2.68. The lowest BCUT2D eigenvalue weighted by molar-refractivity contribution is -0.201. The maximum atomic E-state index is 5.14. The van der Waals surface area contributed by atoms with Crippen molar-refractivity contribution in [3.63, 3.8) is 0 Å². The Morgan fingerprint density at radius 3 is 1.91 bits per heavy atom. The van der Waals surface area contributed by atoms with E-state index in [1.54, 1.807) is 5.56 Å². The predicted octanol–water partition coefficient (Wildman–Crippen LogP) is 10.6. The molecule has 2 bridgehead atoms. The Kier molecular flexibility index (Phi) is 5.46. The molecular formula is C43H37N3. The van der Waals surface area contributed by atoms with Gasteiger partial charge in [-0.1, -0.05) is 129 Å². The second-order valence-electron chi connectivity index (χ2n) is 14.7. The highest BCUT2D eigenvalue weighted by atomic mass is 15.0. The Bertz CT molecular complexity index is 2140. The van der Waals surface area contributed by atoms with Crippen molar-refractivity contribution >= 4 is 10.8 Å². The number of hydrogen-bond donors (Lipinski definition) is 0. The average Bonchev–Trinajstić information content (AvgIpc) is 3.58. The molecule has 3 heteroatoms. The third kappa shape index (κ3) is 3.52. The van der Waals surface area contributed by atoms with Crippen molar-refractivity contribution < 1.29 is 0 Å². The molecule has 4 saturated carbocycles. The third-order valence-electron chi connectivity index (χ3n) is 12.9. The lowest BCUT2D eigenvalue weighted by Gasteiger charge is -2.73. The quantitative estimate of drug-likeness (QED) is 0.192. The number of aromatic nitrogens is 3. The van der Waals surface area contributed by atoms with Crippen LogP contribution in [0.4, 0.5) is 0 Å². The van der Waals surface area contributed by atoms with E-state index in [0.717, 1.165) is 34.4 Å². The SMILES string of the molecule is CCC12CC3CC4CC(c5ccc(-c6nc(-c7ccccc7)nc(-c7ccc8cccc(-c9ccccc9)c8c7)n6)cc5)(C1)C34C2. The van der Waals surface area contributed by atoms with Crippen LogP contribution in [0.5, 0.6) is 0 Å². The predicted molar refractivity (Wildman–Crippen MR) is 186 cm³/mol. The Morgan fingerprint density at radius 1 is 0.587 bits per heavy atom. The highest BCUT2D eigenvalue weighted by Crippen LogP contribution is 2.89. The second-order valence-corrected chi connectivity index (χ2v) is 14.7. The van der Waals surface area contributed by atoms with Crippen LogP contribution in [0.2, 0.25) is 0 Å². The van der Waals surface area contributed by atoms with Gasteiger partial charge in [-0.05, 0) is 88.3 Å². The zero-order chi connectivity index (χ0) is 30.5. The molecule has 5 atom stereocenters. The molecule has 0 radical (unpaired) electrons. The van der Waals surface area contributed by atoms with Crippen LogP contribution in [0.3, 0.4) is 0 Å². The summed E-state index contributed by atoms with van der Waals surface area (Å²) in [5.41, 5.74) is 8.61. The molecule has 0 amide bonds. The van der Waals surface area contributed by atoms with Crippen LogP contribution in [-0.4, -0.2) is 15.0 Å². The fourth-order valence-electron chi connectivity index (χ4n) is 10.9. The first kappa shape index (κ1) is 26.6. The molecule has 6 aromatic rings. The zero-order valence-electron chi connectivity index (χ0n) is 26.3. The number of nitrogens with zero attached hydrogens (tertiary/aromatic N) is 3. The van der Waals surface area contributed by atoms with Crippen LogP contribution in [-0.2, 0) is 5.41 Å². The van der Waals surface area contributed by atoms with Gasteiger partial charge in [-0.15, -0.1) is 0 Å². The van der Waals surface area contributed by atoms with Gasteiger partial charge >= 0.3 is 0 Å². The summed E-state index contributed by atoms with van der Waals surface area (Å²) < 4.78 is 0. The Hall–Kier alpha value is -4.63. The summed E-state index contributed by atoms with van der Waals surface area (Å²) in [6.45, 7) is 2.44. The molecule has 0 N–H and O–H groups in total. The van der Waals surface area contributed by atoms with Gasteiger partial charge in [0.1, 0.15) is 0 Å². The van der Waals surface area contributed by atoms with Crippen molar-refractivity contribution in [2.24, 2.45) is 22.7 Å². The first-order chi connectivity index (χ1) is 22.6. The summed E-state index contributed by atoms with van der Waals surface area (Å²) in [6.07, 6.45) is 8.57. The smallest absolute Gasteiger partial charge is 0.164 e. The molecule has 5 aromatic carbocycles. The largest absolute Gasteiger partial charge is 0.208 e. The van der Waals surface area contributed by atoms with E-state index in [0.29, 0.717) is 27.9 Å². The number of rotatable bonds is 6. The van der Waals surface area contributed by atoms with Gasteiger partial charge in [-0.25, -0.2) is 15.0 Å². The average molecular weight is 596 g/mol. The van der Waals surface area contributed by atoms with Crippen LogP contribution >= 0.6 is 0 Å². The lowest BCUT2D eigenvalue weighted by atomic mass is 9.30. The normalized spacial score (nSPS) is 28.5. The molecule has 10 rings (SSSR count). The summed E-state index contributed by atoms with van der Waals surface area (Å²) >= 11 is 0. The van der Waals surface area contributed by atoms with Gasteiger partial charge in [0, 0.05) is 22.1 Å². The maximum Gasteiger partial charge on any atom is 0.164 e. The van der Waals surface area contributed by atoms with E-state index in [1.165, 1.54) is 60.4 Å². The van der Waals surface area contributed by atoms with Crippen molar-refractivity contribution in [3.8, 4) is 45.3 Å². The molecule has 1 spiro atoms. The maximum absolute atomic E-state index is 5.14. The van der Waals surface area contributed by atoms with E-state index in [-0.39, 0.29) is 0 Å². The number of benzene rings is 5. The first-order valence-electron chi connectivity index (χ1n) is 17.1. The zero-order valence-corrected chi connectivity index (χ0v) is 26.3. The Labute approximate surface area is 270 Å². The second kappa shape index (κ2) is 9.45. The molecule has 4 fully saturated rings. The standard InChI is InChI=1S/C43H37N3/c1-2-41-24-34-23-35-25-42(26-41,43(34,35)27-41)33-20-18-31(19-21-33)39-44-38(30-12-7-4-8-13-30)45-40(46-39)32-17-16-29-14-9-15-36(37(29)22-32)28-10-5-3-6-11-28/h3-22,34-35H,2,23-27H2,1H3. The van der Waals surface area contributed by atoms with E-state index in [1.807, 2.05) is 18.2 Å². The van der Waals surface area contributed by atoms with Gasteiger partial charge in [0.05, 0.1) is 0 Å². The molecular weight excluding hydrogens is 558 g/mol. The summed E-state index contributed by atoms with van der Waals surface area (Å²) in [6, 6.07) is 43.4. The first-order valence-corrected chi connectivity index (χ1v) is 17.1. The van der Waals surface area contributed by atoms with Crippen molar-refractivity contribution in [2.75, 3.05) is 0 Å². The van der Waals surface area contributed by atoms with Gasteiger partial charge in [0.2, 0.25) is 0 Å². The fourth-order valence-corrected chi connectivity index (χ4v) is 10.9. The number of hydrogen-bond acceptors (Lipinski definition) is 3. The van der Waals surface area contributed by atoms with E-state index in [2.05, 4.69) is 110 Å². The van der Waals surface area contributed by atoms with Crippen LogP contribution in [0.1, 0.15) is 51.0 Å². The van der Waals surface area contributed by atoms with Crippen molar-refractivity contribution in [1.82, 2.24) is 15.0 Å². The molecule has 4 aliphatic carbocycles. The van der Waals surface area contributed by atoms with Crippen LogP contribution in [0.15, 0.2) is 121 Å². The molecule has 46 heavy (non-hydrogen) atoms. The van der Waals surface area contributed by atoms with Crippen LogP contribution in [0.25, 0.3) is 56.1 Å². The minimum absolute atomic E-state index is 0.397. The highest BCUT2D eigenvalue weighted by Gasteiger charge is 2.83.